The largest absolute Gasteiger partial charge is 0.417 e. The molecule has 8 nitrogen and oxygen atoms in total. The number of hydrogen-bond donors (Lipinski definition) is 1. The highest BCUT2D eigenvalue weighted by Gasteiger charge is 2.30. The van der Waals surface area contributed by atoms with Crippen LogP contribution < -0.4 is 5.32 Å². The quantitative estimate of drug-likeness (QED) is 0.521. The van der Waals surface area contributed by atoms with E-state index in [1.165, 1.54) is 22.9 Å². The van der Waals surface area contributed by atoms with E-state index in [4.69, 9.17) is 0 Å². The van der Waals surface area contributed by atoms with Gasteiger partial charge in [0.2, 0.25) is 0 Å². The summed E-state index contributed by atoms with van der Waals surface area (Å²) >= 11 is 0. The van der Waals surface area contributed by atoms with Crippen LogP contribution in [-0.2, 0) is 6.18 Å². The number of amides is 1. The summed E-state index contributed by atoms with van der Waals surface area (Å²) in [5.41, 5.74) is -0.0657. The third-order valence-corrected chi connectivity index (χ3v) is 4.04. The summed E-state index contributed by atoms with van der Waals surface area (Å²) in [7, 11) is 0. The highest BCUT2D eigenvalue weighted by molar-refractivity contribution is 6.05. The van der Waals surface area contributed by atoms with Crippen molar-refractivity contribution in [3.05, 3.63) is 75.1 Å². The number of anilines is 1. The highest BCUT2D eigenvalue weighted by Crippen LogP contribution is 2.29. The normalized spacial score (nSPS) is 11.3. The third kappa shape index (κ3) is 4.23. The second kappa shape index (κ2) is 7.34. The van der Waals surface area contributed by atoms with Crippen LogP contribution in [-0.4, -0.2) is 25.6 Å². The minimum Gasteiger partial charge on any atom is -0.306 e. The topological polar surface area (TPSA) is 103 Å². The average molecular weight is 405 g/mol. The summed E-state index contributed by atoms with van der Waals surface area (Å²) in [5.74, 6) is -0.401. The lowest BCUT2D eigenvalue weighted by molar-refractivity contribution is -0.384. The van der Waals surface area contributed by atoms with Crippen LogP contribution in [0.25, 0.3) is 5.82 Å². The van der Waals surface area contributed by atoms with Crippen LogP contribution in [0, 0.1) is 24.0 Å². The molecule has 0 atom stereocenters. The zero-order chi connectivity index (χ0) is 21.3. The second-order valence-electron chi connectivity index (χ2n) is 6.20. The summed E-state index contributed by atoms with van der Waals surface area (Å²) in [5, 5.41) is 17.7. The minimum atomic E-state index is -4.53. The van der Waals surface area contributed by atoms with Gasteiger partial charge in [0.05, 0.1) is 16.2 Å². The van der Waals surface area contributed by atoms with Gasteiger partial charge in [-0.05, 0) is 31.5 Å². The van der Waals surface area contributed by atoms with Gasteiger partial charge in [-0.25, -0.2) is 4.98 Å². The molecular formula is C18H14F3N5O3. The molecule has 0 radical (unpaired) electrons. The Hall–Kier alpha value is -3.76. The third-order valence-electron chi connectivity index (χ3n) is 4.04. The van der Waals surface area contributed by atoms with E-state index in [0.29, 0.717) is 17.5 Å². The smallest absolute Gasteiger partial charge is 0.306 e. The van der Waals surface area contributed by atoms with E-state index in [2.05, 4.69) is 15.4 Å². The number of benzene rings is 1. The van der Waals surface area contributed by atoms with Crippen LogP contribution in [0.2, 0.25) is 0 Å². The number of non-ortho nitro benzene ring substituents is 1. The molecule has 0 fully saturated rings. The maximum Gasteiger partial charge on any atom is 0.417 e. The van der Waals surface area contributed by atoms with Crippen LogP contribution in [0.4, 0.5) is 24.7 Å². The van der Waals surface area contributed by atoms with Gasteiger partial charge in [-0.15, -0.1) is 0 Å². The van der Waals surface area contributed by atoms with Gasteiger partial charge in [-0.2, -0.15) is 23.0 Å². The summed E-state index contributed by atoms with van der Waals surface area (Å²) in [6.07, 6.45) is -3.86. The number of aryl methyl sites for hydroxylation is 2. The molecule has 0 bridgehead atoms. The van der Waals surface area contributed by atoms with E-state index >= 15 is 0 Å². The molecule has 0 spiro atoms. The monoisotopic (exact) mass is 405 g/mol. The molecular weight excluding hydrogens is 391 g/mol. The number of pyridine rings is 1. The van der Waals surface area contributed by atoms with Crippen molar-refractivity contribution < 1.29 is 22.9 Å². The molecule has 0 unspecified atom stereocenters. The van der Waals surface area contributed by atoms with Crippen LogP contribution in [0.5, 0.6) is 0 Å². The van der Waals surface area contributed by atoms with E-state index in [1.807, 2.05) is 0 Å². The molecule has 0 aliphatic carbocycles. The van der Waals surface area contributed by atoms with Gasteiger partial charge in [0.25, 0.3) is 11.6 Å². The maximum atomic E-state index is 12.7. The number of alkyl halides is 3. The average Bonchev–Trinajstić information content (AvgIpc) is 3.01. The van der Waals surface area contributed by atoms with E-state index in [1.54, 1.807) is 13.8 Å². The minimum absolute atomic E-state index is 0.0668. The lowest BCUT2D eigenvalue weighted by atomic mass is 10.1. The Kier molecular flexibility index (Phi) is 5.06. The number of halogens is 3. The summed E-state index contributed by atoms with van der Waals surface area (Å²) in [6.45, 7) is 3.26. The molecule has 150 valence electrons. The Bertz CT molecular complexity index is 1090. The van der Waals surface area contributed by atoms with Crippen molar-refractivity contribution in [1.82, 2.24) is 14.8 Å². The van der Waals surface area contributed by atoms with E-state index < -0.39 is 22.6 Å². The van der Waals surface area contributed by atoms with Crippen molar-refractivity contribution in [3.8, 4) is 5.82 Å². The molecule has 2 heterocycles. The van der Waals surface area contributed by atoms with Crippen molar-refractivity contribution in [2.45, 2.75) is 20.0 Å². The molecule has 11 heteroatoms. The van der Waals surface area contributed by atoms with Gasteiger partial charge in [-0.3, -0.25) is 14.9 Å². The van der Waals surface area contributed by atoms with Gasteiger partial charge in [0.15, 0.2) is 5.82 Å². The number of nitrogens with zero attached hydrogens (tertiary/aromatic N) is 4. The Morgan fingerprint density at radius 3 is 2.48 bits per heavy atom. The maximum absolute atomic E-state index is 12.7. The Labute approximate surface area is 162 Å². The SMILES string of the molecule is Cc1cc(NC(=O)c2cc([N+](=O)[O-])ccc2C)n(-c2ccc(C(F)(F)F)cn2)n1. The highest BCUT2D eigenvalue weighted by atomic mass is 19.4. The van der Waals surface area contributed by atoms with Gasteiger partial charge >= 0.3 is 6.18 Å². The molecule has 0 saturated carbocycles. The molecule has 3 rings (SSSR count). The zero-order valence-corrected chi connectivity index (χ0v) is 15.2. The molecule has 29 heavy (non-hydrogen) atoms. The first-order valence-corrected chi connectivity index (χ1v) is 8.23. The van der Waals surface area contributed by atoms with Gasteiger partial charge in [0, 0.05) is 30.0 Å². The number of carbonyl (C=O) groups excluding carboxylic acids is 1. The lowest BCUT2D eigenvalue weighted by Gasteiger charge is -2.11. The fourth-order valence-electron chi connectivity index (χ4n) is 2.59. The van der Waals surface area contributed by atoms with Crippen LogP contribution >= 0.6 is 0 Å². The fourth-order valence-corrected chi connectivity index (χ4v) is 2.59. The number of nitrogens with one attached hydrogen (secondary N) is 1. The molecule has 0 aliphatic heterocycles. The van der Waals surface area contributed by atoms with Crippen molar-refractivity contribution in [2.24, 2.45) is 0 Å². The lowest BCUT2D eigenvalue weighted by Crippen LogP contribution is -2.17. The number of nitro benzene ring substituents is 1. The van der Waals surface area contributed by atoms with Crippen molar-refractivity contribution in [3.63, 3.8) is 0 Å². The van der Waals surface area contributed by atoms with Crippen LogP contribution in [0.1, 0.15) is 27.2 Å². The number of nitro groups is 1. The van der Waals surface area contributed by atoms with Crippen LogP contribution in [0.3, 0.4) is 0 Å². The Morgan fingerprint density at radius 1 is 1.17 bits per heavy atom. The molecule has 1 aromatic carbocycles. The molecule has 3 aromatic rings. The van der Waals surface area contributed by atoms with Crippen molar-refractivity contribution >= 4 is 17.4 Å². The fraction of sp³-hybridized carbons (Fsp3) is 0.167. The first-order chi connectivity index (χ1) is 13.6. The summed E-state index contributed by atoms with van der Waals surface area (Å²) in [4.78, 5) is 26.8. The summed E-state index contributed by atoms with van der Waals surface area (Å²) < 4.78 is 39.4. The van der Waals surface area contributed by atoms with Crippen LogP contribution in [0.15, 0.2) is 42.6 Å². The standard InChI is InChI=1S/C18H14F3N5O3/c1-10-3-5-13(26(28)29)8-14(10)17(27)23-16-7-11(2)24-25(16)15-6-4-12(9-22-15)18(19,20)21/h3-9H,1-2H3,(H,23,27). The van der Waals surface area contributed by atoms with E-state index in [9.17, 15) is 28.1 Å². The first kappa shape index (κ1) is 20.0. The van der Waals surface area contributed by atoms with Crippen molar-refractivity contribution in [1.29, 1.82) is 0 Å². The summed E-state index contributed by atoms with van der Waals surface area (Å²) in [6, 6.07) is 7.37. The number of hydrogen-bond acceptors (Lipinski definition) is 5. The van der Waals surface area contributed by atoms with Gasteiger partial charge in [0.1, 0.15) is 5.82 Å². The molecule has 0 saturated heterocycles. The number of aromatic nitrogens is 3. The molecule has 2 aromatic heterocycles. The van der Waals surface area contributed by atoms with Gasteiger partial charge < -0.3 is 5.32 Å². The Morgan fingerprint density at radius 2 is 1.90 bits per heavy atom. The molecule has 0 aliphatic rings. The second-order valence-corrected chi connectivity index (χ2v) is 6.20. The predicted octanol–water partition coefficient (Wildman–Crippen LogP) is 4.06. The number of carbonyl (C=O) groups is 1. The zero-order valence-electron chi connectivity index (χ0n) is 15.2. The number of rotatable bonds is 4. The molecule has 1 N–H and O–H groups in total. The first-order valence-electron chi connectivity index (χ1n) is 8.23. The molecule has 1 amide bonds. The van der Waals surface area contributed by atoms with E-state index in [0.717, 1.165) is 18.2 Å². The van der Waals surface area contributed by atoms with E-state index in [-0.39, 0.29) is 22.9 Å². The van der Waals surface area contributed by atoms with Gasteiger partial charge in [-0.1, -0.05) is 6.07 Å². The predicted molar refractivity (Wildman–Crippen MR) is 96.9 cm³/mol. The Balaban J connectivity index is 1.93. The van der Waals surface area contributed by atoms with Crippen molar-refractivity contribution in [2.75, 3.05) is 5.32 Å².